The van der Waals surface area contributed by atoms with Gasteiger partial charge in [0, 0.05) is 17.6 Å². The Morgan fingerprint density at radius 3 is 2.29 bits per heavy atom. The summed E-state index contributed by atoms with van der Waals surface area (Å²) >= 11 is 3.43. The predicted molar refractivity (Wildman–Crippen MR) is 59.5 cm³/mol. The SMILES string of the molecule is ON1CCC(c2ccc(Br)cc2)CC1. The van der Waals surface area contributed by atoms with Gasteiger partial charge in [-0.15, -0.1) is 0 Å². The van der Waals surface area contributed by atoms with Gasteiger partial charge in [0.25, 0.3) is 0 Å². The molecule has 1 N–H and O–H groups in total. The normalized spacial score (nSPS) is 19.9. The molecule has 0 amide bonds. The van der Waals surface area contributed by atoms with Crippen molar-refractivity contribution in [1.29, 1.82) is 0 Å². The molecular formula is C11H14BrNO. The lowest BCUT2D eigenvalue weighted by molar-refractivity contribution is -0.106. The van der Waals surface area contributed by atoms with Gasteiger partial charge in [-0.3, -0.25) is 0 Å². The Morgan fingerprint density at radius 2 is 1.71 bits per heavy atom. The van der Waals surface area contributed by atoms with Crippen LogP contribution < -0.4 is 0 Å². The summed E-state index contributed by atoms with van der Waals surface area (Å²) in [5.74, 6) is 0.617. The fraction of sp³-hybridized carbons (Fsp3) is 0.455. The maximum atomic E-state index is 9.24. The molecule has 1 fully saturated rings. The van der Waals surface area contributed by atoms with Crippen LogP contribution in [0.2, 0.25) is 0 Å². The van der Waals surface area contributed by atoms with Crippen molar-refractivity contribution in [3.8, 4) is 0 Å². The standard InChI is InChI=1S/C11H14BrNO/c12-11-3-1-9(2-4-11)10-5-7-13(14)8-6-10/h1-4,10,14H,5-8H2. The maximum absolute atomic E-state index is 9.24. The molecule has 76 valence electrons. The van der Waals surface area contributed by atoms with Gasteiger partial charge < -0.3 is 5.21 Å². The second kappa shape index (κ2) is 4.43. The third-order valence-corrected chi connectivity index (χ3v) is 3.34. The van der Waals surface area contributed by atoms with E-state index in [0.29, 0.717) is 5.92 Å². The van der Waals surface area contributed by atoms with Crippen LogP contribution in [0.5, 0.6) is 0 Å². The molecule has 0 unspecified atom stereocenters. The molecule has 1 aromatic rings. The van der Waals surface area contributed by atoms with Crippen LogP contribution in [0.3, 0.4) is 0 Å². The number of hydrogen-bond acceptors (Lipinski definition) is 2. The molecule has 1 aromatic carbocycles. The van der Waals surface area contributed by atoms with E-state index in [9.17, 15) is 5.21 Å². The summed E-state index contributed by atoms with van der Waals surface area (Å²) in [7, 11) is 0. The highest BCUT2D eigenvalue weighted by molar-refractivity contribution is 9.10. The van der Waals surface area contributed by atoms with E-state index in [1.807, 2.05) is 0 Å². The Morgan fingerprint density at radius 1 is 1.14 bits per heavy atom. The van der Waals surface area contributed by atoms with Crippen molar-refractivity contribution < 1.29 is 5.21 Å². The van der Waals surface area contributed by atoms with E-state index in [4.69, 9.17) is 0 Å². The highest BCUT2D eigenvalue weighted by Crippen LogP contribution is 2.28. The van der Waals surface area contributed by atoms with Crippen molar-refractivity contribution in [2.45, 2.75) is 18.8 Å². The molecule has 14 heavy (non-hydrogen) atoms. The van der Waals surface area contributed by atoms with E-state index >= 15 is 0 Å². The average Bonchev–Trinajstić information content (AvgIpc) is 2.21. The second-order valence-corrected chi connectivity index (χ2v) is 4.70. The number of nitrogens with zero attached hydrogens (tertiary/aromatic N) is 1. The van der Waals surface area contributed by atoms with Crippen molar-refractivity contribution in [3.05, 3.63) is 34.3 Å². The monoisotopic (exact) mass is 255 g/mol. The topological polar surface area (TPSA) is 23.5 Å². The van der Waals surface area contributed by atoms with Crippen LogP contribution in [-0.4, -0.2) is 23.4 Å². The predicted octanol–water partition coefficient (Wildman–Crippen LogP) is 3.02. The molecule has 1 aliphatic heterocycles. The van der Waals surface area contributed by atoms with Gasteiger partial charge in [0.15, 0.2) is 0 Å². The lowest BCUT2D eigenvalue weighted by Gasteiger charge is -2.27. The fourth-order valence-electron chi connectivity index (χ4n) is 1.93. The van der Waals surface area contributed by atoms with Crippen molar-refractivity contribution in [3.63, 3.8) is 0 Å². The van der Waals surface area contributed by atoms with Gasteiger partial charge in [-0.1, -0.05) is 28.1 Å². The van der Waals surface area contributed by atoms with Crippen molar-refractivity contribution in [2.75, 3.05) is 13.1 Å². The Labute approximate surface area is 92.6 Å². The van der Waals surface area contributed by atoms with Gasteiger partial charge in [0.05, 0.1) is 0 Å². The smallest absolute Gasteiger partial charge is 0.0244 e. The lowest BCUT2D eigenvalue weighted by Crippen LogP contribution is -2.29. The van der Waals surface area contributed by atoms with Crippen LogP contribution in [0, 0.1) is 0 Å². The molecular weight excluding hydrogens is 242 g/mol. The number of hydroxylamine groups is 2. The van der Waals surface area contributed by atoms with E-state index in [1.165, 1.54) is 10.6 Å². The Bertz CT molecular complexity index is 291. The number of benzene rings is 1. The summed E-state index contributed by atoms with van der Waals surface area (Å²) in [6.45, 7) is 1.58. The molecule has 0 aliphatic carbocycles. The number of hydrogen-bond donors (Lipinski definition) is 1. The van der Waals surface area contributed by atoms with Crippen LogP contribution >= 0.6 is 15.9 Å². The van der Waals surface area contributed by atoms with Crippen LogP contribution in [-0.2, 0) is 0 Å². The summed E-state index contributed by atoms with van der Waals surface area (Å²) in [4.78, 5) is 0. The first-order valence-corrected chi connectivity index (χ1v) is 5.74. The molecule has 1 heterocycles. The first kappa shape index (κ1) is 10.1. The van der Waals surface area contributed by atoms with Crippen LogP contribution in [0.15, 0.2) is 28.7 Å². The molecule has 0 aromatic heterocycles. The van der Waals surface area contributed by atoms with Crippen molar-refractivity contribution >= 4 is 15.9 Å². The van der Waals surface area contributed by atoms with E-state index in [0.717, 1.165) is 30.4 Å². The molecule has 0 saturated carbocycles. The largest absolute Gasteiger partial charge is 0.314 e. The Hall–Kier alpha value is -0.380. The van der Waals surface area contributed by atoms with E-state index in [-0.39, 0.29) is 0 Å². The molecule has 2 rings (SSSR count). The van der Waals surface area contributed by atoms with Crippen molar-refractivity contribution in [2.24, 2.45) is 0 Å². The van der Waals surface area contributed by atoms with E-state index in [1.54, 1.807) is 0 Å². The fourth-order valence-corrected chi connectivity index (χ4v) is 2.20. The zero-order chi connectivity index (χ0) is 9.97. The molecule has 1 aliphatic rings. The zero-order valence-electron chi connectivity index (χ0n) is 7.99. The molecule has 0 spiro atoms. The number of piperidine rings is 1. The quantitative estimate of drug-likeness (QED) is 0.834. The molecule has 0 atom stereocenters. The maximum Gasteiger partial charge on any atom is 0.0244 e. The molecule has 2 nitrogen and oxygen atoms in total. The highest BCUT2D eigenvalue weighted by Gasteiger charge is 2.18. The van der Waals surface area contributed by atoms with Gasteiger partial charge in [-0.05, 0) is 36.5 Å². The summed E-state index contributed by atoms with van der Waals surface area (Å²) in [5.41, 5.74) is 1.39. The number of halogens is 1. The molecule has 3 heteroatoms. The average molecular weight is 256 g/mol. The third kappa shape index (κ3) is 2.35. The molecule has 1 saturated heterocycles. The Balaban J connectivity index is 2.05. The van der Waals surface area contributed by atoms with Gasteiger partial charge in [0.1, 0.15) is 0 Å². The van der Waals surface area contributed by atoms with Gasteiger partial charge in [-0.25, -0.2) is 0 Å². The third-order valence-electron chi connectivity index (χ3n) is 2.81. The van der Waals surface area contributed by atoms with Gasteiger partial charge in [0.2, 0.25) is 0 Å². The van der Waals surface area contributed by atoms with Gasteiger partial charge >= 0.3 is 0 Å². The minimum absolute atomic E-state index is 0.617. The molecule has 0 bridgehead atoms. The minimum atomic E-state index is 0.617. The zero-order valence-corrected chi connectivity index (χ0v) is 9.57. The highest BCUT2D eigenvalue weighted by atomic mass is 79.9. The van der Waals surface area contributed by atoms with Crippen LogP contribution in [0.1, 0.15) is 24.3 Å². The van der Waals surface area contributed by atoms with E-state index < -0.39 is 0 Å². The minimum Gasteiger partial charge on any atom is -0.314 e. The second-order valence-electron chi connectivity index (χ2n) is 3.78. The first-order chi connectivity index (χ1) is 6.75. The molecule has 0 radical (unpaired) electrons. The summed E-state index contributed by atoms with van der Waals surface area (Å²) in [6, 6.07) is 8.50. The van der Waals surface area contributed by atoms with Gasteiger partial charge in [-0.2, -0.15) is 5.06 Å². The van der Waals surface area contributed by atoms with Crippen LogP contribution in [0.4, 0.5) is 0 Å². The summed E-state index contributed by atoms with van der Waals surface area (Å²) < 4.78 is 1.13. The van der Waals surface area contributed by atoms with Crippen LogP contribution in [0.25, 0.3) is 0 Å². The Kier molecular flexibility index (Phi) is 3.21. The summed E-state index contributed by atoms with van der Waals surface area (Å²) in [5, 5.41) is 10.7. The number of rotatable bonds is 1. The summed E-state index contributed by atoms with van der Waals surface area (Å²) in [6.07, 6.45) is 2.11. The lowest BCUT2D eigenvalue weighted by atomic mass is 9.90. The van der Waals surface area contributed by atoms with Crippen molar-refractivity contribution in [1.82, 2.24) is 5.06 Å². The van der Waals surface area contributed by atoms with E-state index in [2.05, 4.69) is 40.2 Å². The first-order valence-electron chi connectivity index (χ1n) is 4.95.